The third-order valence-corrected chi connectivity index (χ3v) is 3.43. The third kappa shape index (κ3) is 2.12. The lowest BCUT2D eigenvalue weighted by Gasteiger charge is -2.44. The van der Waals surface area contributed by atoms with Crippen LogP contribution in [0.5, 0.6) is 0 Å². The Morgan fingerprint density at radius 1 is 1.57 bits per heavy atom. The smallest absolute Gasteiger partial charge is 0.0921 e. The maximum atomic E-state index is 4.07. The van der Waals surface area contributed by atoms with Gasteiger partial charge in [0.15, 0.2) is 0 Å². The molecule has 4 heteroatoms. The molecule has 1 aromatic rings. The second-order valence-electron chi connectivity index (χ2n) is 4.99. The molecule has 0 spiro atoms. The first-order valence-electron chi connectivity index (χ1n) is 5.10. The quantitative estimate of drug-likeness (QED) is 0.834. The van der Waals surface area contributed by atoms with Gasteiger partial charge < -0.3 is 5.32 Å². The molecule has 1 heterocycles. The van der Waals surface area contributed by atoms with E-state index in [0.29, 0.717) is 17.5 Å². The first kappa shape index (κ1) is 10.1. The third-order valence-electron chi connectivity index (χ3n) is 2.90. The van der Waals surface area contributed by atoms with E-state index in [1.165, 1.54) is 24.4 Å². The molecule has 0 saturated heterocycles. The molecule has 1 N–H and O–H groups in total. The fourth-order valence-electron chi connectivity index (χ4n) is 2.19. The lowest BCUT2D eigenvalue weighted by Crippen LogP contribution is -2.46. The molecule has 2 rings (SSSR count). The summed E-state index contributed by atoms with van der Waals surface area (Å²) in [7, 11) is 0. The summed E-state index contributed by atoms with van der Waals surface area (Å²) in [6.07, 6.45) is 2.55. The minimum Gasteiger partial charge on any atom is -0.306 e. The summed E-state index contributed by atoms with van der Waals surface area (Å²) < 4.78 is 3.87. The Kier molecular flexibility index (Phi) is 2.58. The molecule has 0 bridgehead atoms. The Bertz CT molecular complexity index is 286. The van der Waals surface area contributed by atoms with Crippen molar-refractivity contribution in [2.45, 2.75) is 45.7 Å². The van der Waals surface area contributed by atoms with Crippen LogP contribution >= 0.6 is 11.5 Å². The Labute approximate surface area is 89.1 Å². The molecule has 0 aromatic carbocycles. The molecule has 14 heavy (non-hydrogen) atoms. The largest absolute Gasteiger partial charge is 0.306 e. The predicted molar refractivity (Wildman–Crippen MR) is 58.3 cm³/mol. The van der Waals surface area contributed by atoms with Gasteiger partial charge in [0, 0.05) is 17.5 Å². The number of hydrogen-bond donors (Lipinski definition) is 1. The molecule has 1 saturated carbocycles. The van der Waals surface area contributed by atoms with E-state index in [2.05, 4.69) is 35.7 Å². The van der Waals surface area contributed by atoms with E-state index in [1.54, 1.807) is 0 Å². The van der Waals surface area contributed by atoms with Gasteiger partial charge in [0.05, 0.1) is 5.69 Å². The zero-order valence-corrected chi connectivity index (χ0v) is 9.77. The molecule has 78 valence electrons. The number of aromatic nitrogens is 2. The fraction of sp³-hybridized carbons (Fsp3) is 0.800. The van der Waals surface area contributed by atoms with Crippen LogP contribution in [0.1, 0.15) is 45.3 Å². The lowest BCUT2D eigenvalue weighted by atomic mass is 9.68. The van der Waals surface area contributed by atoms with Crippen LogP contribution < -0.4 is 5.32 Å². The molecule has 0 aliphatic heterocycles. The van der Waals surface area contributed by atoms with Crippen molar-refractivity contribution < 1.29 is 0 Å². The zero-order chi connectivity index (χ0) is 10.2. The average molecular weight is 211 g/mol. The molecule has 1 atom stereocenters. The van der Waals surface area contributed by atoms with Gasteiger partial charge in [-0.1, -0.05) is 18.3 Å². The number of rotatable bonds is 3. The highest BCUT2D eigenvalue weighted by molar-refractivity contribution is 7.03. The van der Waals surface area contributed by atoms with E-state index >= 15 is 0 Å². The number of nitrogens with zero attached hydrogens (tertiary/aromatic N) is 2. The van der Waals surface area contributed by atoms with Gasteiger partial charge in [0.25, 0.3) is 0 Å². The fourth-order valence-corrected chi connectivity index (χ4v) is 2.74. The highest BCUT2D eigenvalue weighted by Crippen LogP contribution is 2.40. The highest BCUT2D eigenvalue weighted by atomic mass is 32.1. The SMILES string of the molecule is CC(NC1CC(C)(C)C1)c1csnn1. The summed E-state index contributed by atoms with van der Waals surface area (Å²) in [6, 6.07) is 1.01. The monoisotopic (exact) mass is 211 g/mol. The van der Waals surface area contributed by atoms with E-state index in [9.17, 15) is 0 Å². The Hall–Kier alpha value is -0.480. The van der Waals surface area contributed by atoms with Crippen LogP contribution in [0.3, 0.4) is 0 Å². The first-order chi connectivity index (χ1) is 6.57. The normalized spacial score (nSPS) is 23.1. The molecule has 1 aromatic heterocycles. The van der Waals surface area contributed by atoms with Crippen LogP contribution in [0, 0.1) is 5.41 Å². The Balaban J connectivity index is 1.82. The second kappa shape index (κ2) is 3.59. The summed E-state index contributed by atoms with van der Waals surface area (Å²) in [4.78, 5) is 0. The topological polar surface area (TPSA) is 37.8 Å². The van der Waals surface area contributed by atoms with Gasteiger partial charge in [-0.2, -0.15) is 0 Å². The molecular formula is C10H17N3S. The van der Waals surface area contributed by atoms with Crippen LogP contribution in [0.25, 0.3) is 0 Å². The standard InChI is InChI=1S/C10H17N3S/c1-7(9-6-14-13-12-9)11-8-4-10(2,3)5-8/h6-8,11H,4-5H2,1-3H3. The Morgan fingerprint density at radius 2 is 2.29 bits per heavy atom. The van der Waals surface area contributed by atoms with Crippen molar-refractivity contribution in [1.82, 2.24) is 14.9 Å². The molecular weight excluding hydrogens is 194 g/mol. The number of nitrogens with one attached hydrogen (secondary N) is 1. The van der Waals surface area contributed by atoms with Crippen molar-refractivity contribution >= 4 is 11.5 Å². The molecule has 0 radical (unpaired) electrons. The van der Waals surface area contributed by atoms with Crippen LogP contribution in [-0.2, 0) is 0 Å². The summed E-state index contributed by atoms with van der Waals surface area (Å²) in [6.45, 7) is 6.79. The van der Waals surface area contributed by atoms with Crippen molar-refractivity contribution in [2.75, 3.05) is 0 Å². The van der Waals surface area contributed by atoms with Crippen molar-refractivity contribution in [3.05, 3.63) is 11.1 Å². The van der Waals surface area contributed by atoms with Crippen molar-refractivity contribution in [2.24, 2.45) is 5.41 Å². The molecule has 1 fully saturated rings. The minimum atomic E-state index is 0.342. The van der Waals surface area contributed by atoms with E-state index in [0.717, 1.165) is 5.69 Å². The lowest BCUT2D eigenvalue weighted by molar-refractivity contribution is 0.118. The van der Waals surface area contributed by atoms with Crippen LogP contribution in [0.15, 0.2) is 5.38 Å². The van der Waals surface area contributed by atoms with Gasteiger partial charge in [-0.25, -0.2) is 0 Å². The zero-order valence-electron chi connectivity index (χ0n) is 8.95. The number of hydrogen-bond acceptors (Lipinski definition) is 4. The summed E-state index contributed by atoms with van der Waals surface area (Å²) >= 11 is 1.42. The second-order valence-corrected chi connectivity index (χ2v) is 5.60. The summed E-state index contributed by atoms with van der Waals surface area (Å²) in [5.41, 5.74) is 1.61. The maximum absolute atomic E-state index is 4.07. The van der Waals surface area contributed by atoms with Gasteiger partial charge in [-0.05, 0) is 36.7 Å². The van der Waals surface area contributed by atoms with E-state index in [-0.39, 0.29) is 0 Å². The van der Waals surface area contributed by atoms with E-state index in [1.807, 2.05) is 5.38 Å². The van der Waals surface area contributed by atoms with Crippen molar-refractivity contribution in [3.63, 3.8) is 0 Å². The summed E-state index contributed by atoms with van der Waals surface area (Å²) in [5.74, 6) is 0. The Morgan fingerprint density at radius 3 is 2.79 bits per heavy atom. The average Bonchev–Trinajstić information content (AvgIpc) is 2.51. The van der Waals surface area contributed by atoms with E-state index in [4.69, 9.17) is 0 Å². The van der Waals surface area contributed by atoms with E-state index < -0.39 is 0 Å². The van der Waals surface area contributed by atoms with Crippen molar-refractivity contribution in [1.29, 1.82) is 0 Å². The van der Waals surface area contributed by atoms with Gasteiger partial charge >= 0.3 is 0 Å². The van der Waals surface area contributed by atoms with Gasteiger partial charge in [0.2, 0.25) is 0 Å². The minimum absolute atomic E-state index is 0.342. The van der Waals surface area contributed by atoms with Crippen LogP contribution in [0.4, 0.5) is 0 Å². The molecule has 0 amide bonds. The van der Waals surface area contributed by atoms with Gasteiger partial charge in [-0.15, -0.1) is 5.10 Å². The summed E-state index contributed by atoms with van der Waals surface area (Å²) in [5, 5.41) is 9.66. The molecule has 1 aliphatic rings. The first-order valence-corrected chi connectivity index (χ1v) is 5.93. The van der Waals surface area contributed by atoms with Gasteiger partial charge in [0.1, 0.15) is 0 Å². The predicted octanol–water partition coefficient (Wildman–Crippen LogP) is 2.38. The van der Waals surface area contributed by atoms with Crippen LogP contribution in [0.2, 0.25) is 0 Å². The highest BCUT2D eigenvalue weighted by Gasteiger charge is 2.36. The van der Waals surface area contributed by atoms with Crippen LogP contribution in [-0.4, -0.2) is 15.6 Å². The molecule has 1 aliphatic carbocycles. The molecule has 3 nitrogen and oxygen atoms in total. The maximum Gasteiger partial charge on any atom is 0.0921 e. The van der Waals surface area contributed by atoms with Crippen molar-refractivity contribution in [3.8, 4) is 0 Å². The molecule has 1 unspecified atom stereocenters. The van der Waals surface area contributed by atoms with Gasteiger partial charge in [-0.3, -0.25) is 0 Å².